The average Bonchev–Trinajstić information content (AvgIpc) is 2.51. The van der Waals surface area contributed by atoms with Crippen LogP contribution in [0.15, 0.2) is 50.6 Å². The molecular formula is C20H23IO. The molecule has 22 heavy (non-hydrogen) atoms. The molecule has 0 spiro atoms. The molecule has 0 aromatic heterocycles. The van der Waals surface area contributed by atoms with E-state index < -0.39 is 0 Å². The van der Waals surface area contributed by atoms with Crippen molar-refractivity contribution in [3.05, 3.63) is 56.2 Å². The Morgan fingerprint density at radius 3 is 2.32 bits per heavy atom. The fourth-order valence-corrected chi connectivity index (χ4v) is 4.89. The molecule has 0 radical (unpaired) electrons. The van der Waals surface area contributed by atoms with Crippen LogP contribution in [0.4, 0.5) is 0 Å². The van der Waals surface area contributed by atoms with Crippen molar-refractivity contribution in [2.75, 3.05) is 0 Å². The lowest BCUT2D eigenvalue weighted by molar-refractivity contribution is 0.0612. The second kappa shape index (κ2) is 5.95. The van der Waals surface area contributed by atoms with E-state index in [1.165, 1.54) is 20.3 Å². The van der Waals surface area contributed by atoms with E-state index in [4.69, 9.17) is 0 Å². The summed E-state index contributed by atoms with van der Waals surface area (Å²) < 4.78 is 1.46. The average molecular weight is 406 g/mol. The standard InChI is InChI=1S/C20H23IO/c1-13-9-17-10-18(21)15(3)12-20(17,11-14(13)2)19(22)16-7-5-4-6-8-16/h4-8,17H,9-12H2,1-3H3. The number of carbonyl (C=O) groups excluding carboxylic acids is 1. The number of benzene rings is 1. The first-order chi connectivity index (χ1) is 10.4. The molecule has 2 aliphatic rings. The monoisotopic (exact) mass is 406 g/mol. The fraction of sp³-hybridized carbons (Fsp3) is 0.450. The molecular weight excluding hydrogens is 383 g/mol. The van der Waals surface area contributed by atoms with E-state index in [9.17, 15) is 4.79 Å². The molecule has 0 N–H and O–H groups in total. The molecule has 116 valence electrons. The molecule has 0 bridgehead atoms. The van der Waals surface area contributed by atoms with Crippen LogP contribution in [0.25, 0.3) is 0 Å². The predicted octanol–water partition coefficient (Wildman–Crippen LogP) is 6.10. The Hall–Kier alpha value is -0.900. The second-order valence-corrected chi connectivity index (χ2v) is 8.36. The van der Waals surface area contributed by atoms with E-state index in [-0.39, 0.29) is 5.41 Å². The van der Waals surface area contributed by atoms with Gasteiger partial charge in [-0.2, -0.15) is 0 Å². The van der Waals surface area contributed by atoms with Crippen LogP contribution < -0.4 is 0 Å². The third kappa shape index (κ3) is 2.60. The van der Waals surface area contributed by atoms with Crippen LogP contribution >= 0.6 is 22.6 Å². The number of halogens is 1. The van der Waals surface area contributed by atoms with Crippen LogP contribution in [0.5, 0.6) is 0 Å². The number of allylic oxidation sites excluding steroid dienone is 4. The SMILES string of the molecule is CC1=C(C)CC2(C(=O)c3ccccc3)CC(C)=C(I)CC2C1. The lowest BCUT2D eigenvalue weighted by atomic mass is 9.56. The van der Waals surface area contributed by atoms with Gasteiger partial charge in [-0.25, -0.2) is 0 Å². The third-order valence-electron chi connectivity index (χ3n) is 5.60. The highest BCUT2D eigenvalue weighted by molar-refractivity contribution is 14.1. The van der Waals surface area contributed by atoms with Crippen LogP contribution in [0, 0.1) is 11.3 Å². The Morgan fingerprint density at radius 1 is 1.00 bits per heavy atom. The number of Topliss-reactive ketones (excluding diaryl/α,β-unsaturated/α-hetero) is 1. The van der Waals surface area contributed by atoms with Crippen LogP contribution in [-0.2, 0) is 0 Å². The Balaban J connectivity index is 2.08. The molecule has 0 saturated carbocycles. The number of rotatable bonds is 2. The highest BCUT2D eigenvalue weighted by atomic mass is 127. The van der Waals surface area contributed by atoms with Gasteiger partial charge in [-0.05, 0) is 78.5 Å². The summed E-state index contributed by atoms with van der Waals surface area (Å²) in [5.74, 6) is 0.813. The zero-order valence-electron chi connectivity index (χ0n) is 13.6. The molecule has 0 aliphatic heterocycles. The van der Waals surface area contributed by atoms with Crippen molar-refractivity contribution in [3.8, 4) is 0 Å². The number of carbonyl (C=O) groups is 1. The Morgan fingerprint density at radius 2 is 1.64 bits per heavy atom. The summed E-state index contributed by atoms with van der Waals surface area (Å²) in [4.78, 5) is 13.4. The van der Waals surface area contributed by atoms with Gasteiger partial charge in [0.1, 0.15) is 0 Å². The van der Waals surface area contributed by atoms with Crippen molar-refractivity contribution in [1.82, 2.24) is 0 Å². The van der Waals surface area contributed by atoms with Crippen LogP contribution in [0.2, 0.25) is 0 Å². The predicted molar refractivity (Wildman–Crippen MR) is 100 cm³/mol. The van der Waals surface area contributed by atoms with Crippen molar-refractivity contribution in [1.29, 1.82) is 0 Å². The fourth-order valence-electron chi connectivity index (χ4n) is 4.16. The molecule has 2 heteroatoms. The first-order valence-corrected chi connectivity index (χ1v) is 9.11. The van der Waals surface area contributed by atoms with Gasteiger partial charge in [0.15, 0.2) is 5.78 Å². The van der Waals surface area contributed by atoms with E-state index >= 15 is 0 Å². The van der Waals surface area contributed by atoms with Crippen molar-refractivity contribution in [3.63, 3.8) is 0 Å². The number of hydrogen-bond donors (Lipinski definition) is 0. The summed E-state index contributed by atoms with van der Waals surface area (Å²) in [6, 6.07) is 9.90. The Kier molecular flexibility index (Phi) is 4.32. The van der Waals surface area contributed by atoms with E-state index in [1.807, 2.05) is 30.3 Å². The molecule has 0 saturated heterocycles. The van der Waals surface area contributed by atoms with Gasteiger partial charge in [0.05, 0.1) is 0 Å². The molecule has 2 unspecified atom stereocenters. The molecule has 3 rings (SSSR count). The van der Waals surface area contributed by atoms with E-state index in [1.54, 1.807) is 0 Å². The lowest BCUT2D eigenvalue weighted by Gasteiger charge is -2.47. The van der Waals surface area contributed by atoms with E-state index in [0.717, 1.165) is 31.2 Å². The van der Waals surface area contributed by atoms with Gasteiger partial charge >= 0.3 is 0 Å². The zero-order chi connectivity index (χ0) is 15.9. The highest BCUT2D eigenvalue weighted by Crippen LogP contribution is 2.55. The minimum absolute atomic E-state index is 0.219. The van der Waals surface area contributed by atoms with E-state index in [2.05, 4.69) is 43.4 Å². The zero-order valence-corrected chi connectivity index (χ0v) is 15.7. The largest absolute Gasteiger partial charge is 0.294 e. The number of fused-ring (bicyclic) bond motifs is 1. The maximum absolute atomic E-state index is 13.4. The Bertz CT molecular complexity index is 636. The molecule has 1 nitrogen and oxygen atoms in total. The summed E-state index contributed by atoms with van der Waals surface area (Å²) in [5, 5.41) is 0. The maximum atomic E-state index is 13.4. The summed E-state index contributed by atoms with van der Waals surface area (Å²) in [6.45, 7) is 6.66. The number of ketones is 1. The molecule has 1 aromatic rings. The molecule has 2 atom stereocenters. The minimum Gasteiger partial charge on any atom is -0.294 e. The summed E-state index contributed by atoms with van der Waals surface area (Å²) in [5.41, 5.74) is 4.98. The van der Waals surface area contributed by atoms with Crippen LogP contribution in [0.1, 0.15) is 56.8 Å². The molecule has 1 aromatic carbocycles. The maximum Gasteiger partial charge on any atom is 0.169 e. The van der Waals surface area contributed by atoms with Gasteiger partial charge in [-0.15, -0.1) is 0 Å². The molecule has 0 fully saturated rings. The van der Waals surface area contributed by atoms with E-state index in [0.29, 0.717) is 11.7 Å². The normalized spacial score (nSPS) is 28.6. The van der Waals surface area contributed by atoms with Gasteiger partial charge in [0, 0.05) is 11.0 Å². The quantitative estimate of drug-likeness (QED) is 0.329. The minimum atomic E-state index is -0.219. The first-order valence-electron chi connectivity index (χ1n) is 8.03. The lowest BCUT2D eigenvalue weighted by Crippen LogP contribution is -2.44. The third-order valence-corrected chi connectivity index (χ3v) is 6.96. The smallest absolute Gasteiger partial charge is 0.169 e. The van der Waals surface area contributed by atoms with Gasteiger partial charge in [0.25, 0.3) is 0 Å². The van der Waals surface area contributed by atoms with Gasteiger partial charge in [-0.3, -0.25) is 4.79 Å². The molecule has 0 amide bonds. The van der Waals surface area contributed by atoms with Crippen molar-refractivity contribution in [2.24, 2.45) is 11.3 Å². The molecule has 0 heterocycles. The first kappa shape index (κ1) is 16.0. The topological polar surface area (TPSA) is 17.1 Å². The second-order valence-electron chi connectivity index (χ2n) is 7.06. The van der Waals surface area contributed by atoms with Crippen LogP contribution in [-0.4, -0.2) is 5.78 Å². The van der Waals surface area contributed by atoms with Crippen molar-refractivity contribution >= 4 is 28.4 Å². The highest BCUT2D eigenvalue weighted by Gasteiger charge is 2.49. The van der Waals surface area contributed by atoms with Gasteiger partial charge in [0.2, 0.25) is 0 Å². The summed E-state index contributed by atoms with van der Waals surface area (Å²) >= 11 is 2.48. The van der Waals surface area contributed by atoms with Gasteiger partial charge < -0.3 is 0 Å². The van der Waals surface area contributed by atoms with Crippen LogP contribution in [0.3, 0.4) is 0 Å². The van der Waals surface area contributed by atoms with Crippen molar-refractivity contribution in [2.45, 2.75) is 46.5 Å². The summed E-state index contributed by atoms with van der Waals surface area (Å²) in [7, 11) is 0. The van der Waals surface area contributed by atoms with Gasteiger partial charge in [-0.1, -0.05) is 47.1 Å². The van der Waals surface area contributed by atoms with Crippen molar-refractivity contribution < 1.29 is 4.79 Å². The number of hydrogen-bond acceptors (Lipinski definition) is 1. The summed E-state index contributed by atoms with van der Waals surface area (Å²) in [6.07, 6.45) is 3.99. The molecule has 2 aliphatic carbocycles. The Labute approximate surface area is 147 Å².